The van der Waals surface area contributed by atoms with Crippen molar-refractivity contribution in [3.05, 3.63) is 47.0 Å². The van der Waals surface area contributed by atoms with Crippen molar-refractivity contribution in [1.82, 2.24) is 15.6 Å². The Morgan fingerprint density at radius 2 is 2.05 bits per heavy atom. The normalized spacial score (nSPS) is 10.1. The van der Waals surface area contributed by atoms with Crippen molar-refractivity contribution < 1.29 is 4.79 Å². The van der Waals surface area contributed by atoms with Crippen LogP contribution in [-0.4, -0.2) is 24.6 Å². The highest BCUT2D eigenvalue weighted by molar-refractivity contribution is 7.13. The molecule has 20 heavy (non-hydrogen) atoms. The summed E-state index contributed by atoms with van der Waals surface area (Å²) in [6.07, 6.45) is 0.733. The number of urea groups is 1. The van der Waals surface area contributed by atoms with Gasteiger partial charge in [-0.05, 0) is 5.56 Å². The van der Waals surface area contributed by atoms with Gasteiger partial charge in [-0.1, -0.05) is 30.3 Å². The third-order valence-electron chi connectivity index (χ3n) is 2.73. The van der Waals surface area contributed by atoms with E-state index in [1.165, 1.54) is 0 Å². The van der Waals surface area contributed by atoms with Crippen LogP contribution in [0.25, 0.3) is 0 Å². The fourth-order valence-corrected chi connectivity index (χ4v) is 2.39. The Hall–Kier alpha value is -2.08. The number of hydrogen-bond donors (Lipinski definition) is 3. The lowest BCUT2D eigenvalue weighted by Gasteiger charge is -2.06. The lowest BCUT2D eigenvalue weighted by Crippen LogP contribution is -2.36. The number of aromatic nitrogens is 1. The van der Waals surface area contributed by atoms with Gasteiger partial charge in [-0.25, -0.2) is 9.78 Å². The van der Waals surface area contributed by atoms with Gasteiger partial charge in [0.1, 0.15) is 0 Å². The van der Waals surface area contributed by atoms with Crippen LogP contribution in [0.15, 0.2) is 35.7 Å². The number of nitrogens with zero attached hydrogens (tertiary/aromatic N) is 1. The molecule has 0 saturated heterocycles. The highest BCUT2D eigenvalue weighted by Gasteiger charge is 2.02. The van der Waals surface area contributed by atoms with Gasteiger partial charge in [-0.3, -0.25) is 0 Å². The van der Waals surface area contributed by atoms with E-state index in [1.54, 1.807) is 11.3 Å². The molecule has 5 nitrogen and oxygen atoms in total. The number of benzene rings is 1. The summed E-state index contributed by atoms with van der Waals surface area (Å²) in [4.78, 5) is 16.0. The number of carbonyl (C=O) groups is 1. The smallest absolute Gasteiger partial charge is 0.315 e. The summed E-state index contributed by atoms with van der Waals surface area (Å²) in [6, 6.07) is 9.67. The molecule has 1 aromatic carbocycles. The molecule has 0 atom stereocenters. The van der Waals surface area contributed by atoms with E-state index < -0.39 is 0 Å². The molecule has 0 fully saturated rings. The summed E-state index contributed by atoms with van der Waals surface area (Å²) in [7, 11) is 1.85. The van der Waals surface area contributed by atoms with Crippen LogP contribution in [0, 0.1) is 0 Å². The molecule has 0 aliphatic heterocycles. The minimum absolute atomic E-state index is 0.155. The van der Waals surface area contributed by atoms with Crippen molar-refractivity contribution in [1.29, 1.82) is 0 Å². The first-order chi connectivity index (χ1) is 9.78. The van der Waals surface area contributed by atoms with E-state index in [1.807, 2.05) is 42.8 Å². The molecule has 0 aliphatic carbocycles. The molecular weight excluding hydrogens is 272 g/mol. The quantitative estimate of drug-likeness (QED) is 0.764. The van der Waals surface area contributed by atoms with E-state index in [9.17, 15) is 4.79 Å². The Balaban J connectivity index is 1.65. The van der Waals surface area contributed by atoms with E-state index in [0.29, 0.717) is 13.1 Å². The second kappa shape index (κ2) is 7.49. The maximum Gasteiger partial charge on any atom is 0.315 e. The van der Waals surface area contributed by atoms with Crippen molar-refractivity contribution in [3.8, 4) is 0 Å². The number of anilines is 1. The summed E-state index contributed by atoms with van der Waals surface area (Å²) < 4.78 is 0. The first-order valence-corrected chi connectivity index (χ1v) is 7.33. The molecule has 2 amide bonds. The van der Waals surface area contributed by atoms with Gasteiger partial charge in [0.05, 0.1) is 5.69 Å². The van der Waals surface area contributed by atoms with Crippen molar-refractivity contribution >= 4 is 22.5 Å². The Bertz CT molecular complexity index is 541. The number of nitrogens with one attached hydrogen (secondary N) is 3. The Morgan fingerprint density at radius 3 is 2.75 bits per heavy atom. The molecule has 0 bridgehead atoms. The molecular formula is C14H18N4OS. The van der Waals surface area contributed by atoms with Crippen LogP contribution in [-0.2, 0) is 13.0 Å². The van der Waals surface area contributed by atoms with Crippen LogP contribution in [0.1, 0.15) is 11.3 Å². The summed E-state index contributed by atoms with van der Waals surface area (Å²) in [5.74, 6) is 0. The first-order valence-electron chi connectivity index (χ1n) is 6.45. The van der Waals surface area contributed by atoms with E-state index in [4.69, 9.17) is 0 Å². The van der Waals surface area contributed by atoms with Gasteiger partial charge in [0.2, 0.25) is 0 Å². The van der Waals surface area contributed by atoms with Crippen molar-refractivity contribution in [2.45, 2.75) is 13.0 Å². The molecule has 2 aromatic rings. The molecule has 0 spiro atoms. The van der Waals surface area contributed by atoms with Gasteiger partial charge in [-0.15, -0.1) is 11.3 Å². The third-order valence-corrected chi connectivity index (χ3v) is 3.64. The molecule has 6 heteroatoms. The molecule has 2 rings (SSSR count). The molecule has 0 saturated carbocycles. The van der Waals surface area contributed by atoms with Crippen LogP contribution >= 0.6 is 11.3 Å². The number of hydrogen-bond acceptors (Lipinski definition) is 4. The zero-order valence-corrected chi connectivity index (χ0v) is 12.2. The Labute approximate surface area is 122 Å². The fraction of sp³-hybridized carbons (Fsp3) is 0.286. The zero-order valence-electron chi connectivity index (χ0n) is 11.3. The average molecular weight is 290 g/mol. The molecule has 1 aromatic heterocycles. The van der Waals surface area contributed by atoms with Crippen LogP contribution in [0.2, 0.25) is 0 Å². The predicted octanol–water partition coefficient (Wildman–Crippen LogP) is 2.23. The topological polar surface area (TPSA) is 66.0 Å². The second-order valence-corrected chi connectivity index (χ2v) is 5.10. The molecule has 0 radical (unpaired) electrons. The second-order valence-electron chi connectivity index (χ2n) is 4.24. The molecule has 0 unspecified atom stereocenters. The van der Waals surface area contributed by atoms with Crippen LogP contribution in [0.4, 0.5) is 9.93 Å². The average Bonchev–Trinajstić information content (AvgIpc) is 2.94. The Morgan fingerprint density at radius 1 is 1.25 bits per heavy atom. The number of amides is 2. The van der Waals surface area contributed by atoms with Crippen molar-refractivity contribution in [2.24, 2.45) is 0 Å². The lowest BCUT2D eigenvalue weighted by atomic mass is 10.2. The van der Waals surface area contributed by atoms with Crippen molar-refractivity contribution in [2.75, 3.05) is 18.9 Å². The first kappa shape index (κ1) is 14.3. The van der Waals surface area contributed by atoms with Crippen LogP contribution in [0.3, 0.4) is 0 Å². The third kappa shape index (κ3) is 4.55. The largest absolute Gasteiger partial charge is 0.365 e. The number of thiazole rings is 1. The highest BCUT2D eigenvalue weighted by Crippen LogP contribution is 2.14. The molecule has 1 heterocycles. The van der Waals surface area contributed by atoms with Gasteiger partial charge < -0.3 is 16.0 Å². The van der Waals surface area contributed by atoms with Gasteiger partial charge in [0, 0.05) is 31.9 Å². The molecule has 106 valence electrons. The van der Waals surface area contributed by atoms with Gasteiger partial charge >= 0.3 is 6.03 Å². The van der Waals surface area contributed by atoms with E-state index in [2.05, 4.69) is 20.9 Å². The summed E-state index contributed by atoms with van der Waals surface area (Å²) in [6.45, 7) is 1.11. The van der Waals surface area contributed by atoms with E-state index in [0.717, 1.165) is 22.8 Å². The standard InChI is InChI=1S/C14H18N4OS/c1-15-14-18-12(10-20-14)7-8-16-13(19)17-9-11-5-3-2-4-6-11/h2-6,10H,7-9H2,1H3,(H,15,18)(H2,16,17,19). The van der Waals surface area contributed by atoms with E-state index in [-0.39, 0.29) is 6.03 Å². The molecule has 3 N–H and O–H groups in total. The summed E-state index contributed by atoms with van der Waals surface area (Å²) in [5, 5.41) is 11.5. The van der Waals surface area contributed by atoms with E-state index >= 15 is 0 Å². The highest BCUT2D eigenvalue weighted by atomic mass is 32.1. The van der Waals surface area contributed by atoms with Crippen LogP contribution in [0.5, 0.6) is 0 Å². The maximum absolute atomic E-state index is 11.6. The Kier molecular flexibility index (Phi) is 5.37. The van der Waals surface area contributed by atoms with Gasteiger partial charge in [0.15, 0.2) is 5.13 Å². The summed E-state index contributed by atoms with van der Waals surface area (Å²) >= 11 is 1.57. The maximum atomic E-state index is 11.6. The van der Waals surface area contributed by atoms with Crippen molar-refractivity contribution in [3.63, 3.8) is 0 Å². The summed E-state index contributed by atoms with van der Waals surface area (Å²) in [5.41, 5.74) is 2.07. The fourth-order valence-electron chi connectivity index (χ4n) is 1.68. The molecule has 0 aliphatic rings. The van der Waals surface area contributed by atoms with Gasteiger partial charge in [0.25, 0.3) is 0 Å². The predicted molar refractivity (Wildman–Crippen MR) is 82.0 cm³/mol. The minimum atomic E-state index is -0.155. The van der Waals surface area contributed by atoms with Crippen LogP contribution < -0.4 is 16.0 Å². The number of rotatable bonds is 6. The monoisotopic (exact) mass is 290 g/mol. The van der Waals surface area contributed by atoms with Gasteiger partial charge in [-0.2, -0.15) is 0 Å². The minimum Gasteiger partial charge on any atom is -0.365 e. The lowest BCUT2D eigenvalue weighted by molar-refractivity contribution is 0.240. The number of carbonyl (C=O) groups excluding carboxylic acids is 1. The SMILES string of the molecule is CNc1nc(CCNC(=O)NCc2ccccc2)cs1. The zero-order chi connectivity index (χ0) is 14.2.